The van der Waals surface area contributed by atoms with Crippen molar-refractivity contribution in [2.45, 2.75) is 37.4 Å². The highest BCUT2D eigenvalue weighted by Gasteiger charge is 2.40. The van der Waals surface area contributed by atoms with Crippen molar-refractivity contribution in [1.29, 1.82) is 0 Å². The van der Waals surface area contributed by atoms with Crippen molar-refractivity contribution >= 4 is 33.5 Å². The molecule has 2 rings (SSSR count). The molecule has 0 fully saturated rings. The Kier molecular flexibility index (Phi) is 7.91. The Morgan fingerprint density at radius 3 is 2.53 bits per heavy atom. The van der Waals surface area contributed by atoms with E-state index in [1.807, 2.05) is 18.6 Å². The second kappa shape index (κ2) is 9.88. The normalized spacial score (nSPS) is 13.1. The van der Waals surface area contributed by atoms with Gasteiger partial charge in [0.05, 0.1) is 10.5 Å². The van der Waals surface area contributed by atoms with Crippen LogP contribution in [0.1, 0.15) is 36.2 Å². The van der Waals surface area contributed by atoms with E-state index in [0.29, 0.717) is 6.42 Å². The van der Waals surface area contributed by atoms with E-state index in [9.17, 15) is 26.4 Å². The fourth-order valence-electron chi connectivity index (χ4n) is 2.64. The molecule has 32 heavy (non-hydrogen) atoms. The van der Waals surface area contributed by atoms with E-state index < -0.39 is 55.7 Å². The summed E-state index contributed by atoms with van der Waals surface area (Å²) in [4.78, 5) is 17.5. The summed E-state index contributed by atoms with van der Waals surface area (Å²) >= 11 is 5.67. The largest absolute Gasteiger partial charge is 0.478 e. The first kappa shape index (κ1) is 25.6. The molecule has 4 N–H and O–H groups in total. The van der Waals surface area contributed by atoms with Crippen LogP contribution in [-0.4, -0.2) is 42.1 Å². The van der Waals surface area contributed by atoms with Crippen molar-refractivity contribution in [3.63, 3.8) is 0 Å². The van der Waals surface area contributed by atoms with Gasteiger partial charge in [-0.3, -0.25) is 0 Å². The van der Waals surface area contributed by atoms with Crippen LogP contribution in [0, 0.1) is 5.92 Å². The summed E-state index contributed by atoms with van der Waals surface area (Å²) in [5.41, 5.74) is 4.03. The van der Waals surface area contributed by atoms with Crippen molar-refractivity contribution in [2.75, 3.05) is 11.3 Å². The number of rotatable bonds is 9. The standard InChI is InChI=1S/C18H20ClF3N4O5S/c1-9(2)6-11(23)8-31-15-13(18(20,21)22)14(19)24-17(25-15)26-32(29,30)12-5-3-4-10(7-12)16(27)28/h3-5,7,9,11H,6,8,23H2,1-2H3,(H,27,28)(H,24,25,26)/t11-/m1/s1. The van der Waals surface area contributed by atoms with Crippen LogP contribution in [-0.2, 0) is 16.2 Å². The molecule has 14 heteroatoms. The van der Waals surface area contributed by atoms with E-state index in [0.717, 1.165) is 12.1 Å². The van der Waals surface area contributed by atoms with Crippen molar-refractivity contribution < 1.29 is 36.2 Å². The van der Waals surface area contributed by atoms with E-state index in [4.69, 9.17) is 27.2 Å². The van der Waals surface area contributed by atoms with Gasteiger partial charge in [0.15, 0.2) is 10.7 Å². The van der Waals surface area contributed by atoms with Crippen LogP contribution in [0.4, 0.5) is 19.1 Å². The summed E-state index contributed by atoms with van der Waals surface area (Å²) in [6.45, 7) is 3.41. The molecule has 1 aromatic carbocycles. The molecule has 0 saturated carbocycles. The molecule has 0 bridgehead atoms. The number of alkyl halides is 3. The number of anilines is 1. The van der Waals surface area contributed by atoms with Gasteiger partial charge in [0.2, 0.25) is 11.8 Å². The smallest absolute Gasteiger partial charge is 0.424 e. The highest BCUT2D eigenvalue weighted by atomic mass is 35.5. The average molecular weight is 497 g/mol. The highest BCUT2D eigenvalue weighted by molar-refractivity contribution is 7.92. The van der Waals surface area contributed by atoms with E-state index >= 15 is 0 Å². The molecule has 2 aromatic rings. The number of carbonyl (C=O) groups is 1. The molecule has 9 nitrogen and oxygen atoms in total. The summed E-state index contributed by atoms with van der Waals surface area (Å²) in [6, 6.07) is 3.69. The number of ether oxygens (including phenoxy) is 1. The van der Waals surface area contributed by atoms with E-state index in [1.165, 1.54) is 12.1 Å². The van der Waals surface area contributed by atoms with Gasteiger partial charge in [0.1, 0.15) is 6.61 Å². The molecule has 0 radical (unpaired) electrons. The lowest BCUT2D eigenvalue weighted by Gasteiger charge is -2.18. The third-order valence-electron chi connectivity index (χ3n) is 3.94. The molecule has 1 atom stereocenters. The number of nitrogens with two attached hydrogens (primary N) is 1. The van der Waals surface area contributed by atoms with Gasteiger partial charge in [-0.15, -0.1) is 0 Å². The van der Waals surface area contributed by atoms with Gasteiger partial charge in [0, 0.05) is 6.04 Å². The number of aromatic carboxylic acids is 1. The molecule has 0 amide bonds. The number of nitrogens with one attached hydrogen (secondary N) is 1. The minimum atomic E-state index is -4.98. The maximum atomic E-state index is 13.4. The number of halogens is 4. The van der Waals surface area contributed by atoms with Crippen LogP contribution in [0.2, 0.25) is 5.15 Å². The predicted molar refractivity (Wildman–Crippen MR) is 109 cm³/mol. The molecule has 1 heterocycles. The zero-order valence-electron chi connectivity index (χ0n) is 16.9. The summed E-state index contributed by atoms with van der Waals surface area (Å²) in [5, 5.41) is 7.93. The first-order chi connectivity index (χ1) is 14.7. The second-order valence-electron chi connectivity index (χ2n) is 7.16. The molecule has 0 unspecified atom stereocenters. The maximum Gasteiger partial charge on any atom is 0.424 e. The van der Waals surface area contributed by atoms with Gasteiger partial charge < -0.3 is 15.6 Å². The highest BCUT2D eigenvalue weighted by Crippen LogP contribution is 2.40. The molecular weight excluding hydrogens is 477 g/mol. The Bertz CT molecular complexity index is 1100. The second-order valence-corrected chi connectivity index (χ2v) is 9.20. The Morgan fingerprint density at radius 2 is 1.97 bits per heavy atom. The van der Waals surface area contributed by atoms with Gasteiger partial charge >= 0.3 is 12.1 Å². The van der Waals surface area contributed by atoms with Crippen LogP contribution >= 0.6 is 11.6 Å². The molecule has 0 spiro atoms. The predicted octanol–water partition coefficient (Wildman–Crippen LogP) is 3.40. The third kappa shape index (κ3) is 6.68. The molecule has 0 aliphatic heterocycles. The van der Waals surface area contributed by atoms with Crippen LogP contribution in [0.15, 0.2) is 29.2 Å². The fourth-order valence-corrected chi connectivity index (χ4v) is 3.89. The van der Waals surface area contributed by atoms with Gasteiger partial charge in [-0.25, -0.2) is 17.9 Å². The minimum Gasteiger partial charge on any atom is -0.478 e. The summed E-state index contributed by atoms with van der Waals surface area (Å²) < 4.78 is 72.4. The van der Waals surface area contributed by atoms with Crippen LogP contribution < -0.4 is 15.2 Å². The van der Waals surface area contributed by atoms with Crippen LogP contribution in [0.25, 0.3) is 0 Å². The van der Waals surface area contributed by atoms with Gasteiger partial charge in [-0.1, -0.05) is 31.5 Å². The molecule has 0 saturated heterocycles. The third-order valence-corrected chi connectivity index (χ3v) is 5.54. The summed E-state index contributed by atoms with van der Waals surface area (Å²) in [5.74, 6) is -3.00. The number of carboxylic acid groups (broad SMARTS) is 1. The molecule has 0 aliphatic rings. The quantitative estimate of drug-likeness (QED) is 0.448. The maximum absolute atomic E-state index is 13.4. The fraction of sp³-hybridized carbons (Fsp3) is 0.389. The lowest BCUT2D eigenvalue weighted by atomic mass is 10.1. The number of hydrogen-bond acceptors (Lipinski definition) is 7. The number of sulfonamides is 1. The van der Waals surface area contributed by atoms with Gasteiger partial charge in [-0.2, -0.15) is 23.1 Å². The lowest BCUT2D eigenvalue weighted by Crippen LogP contribution is -2.30. The van der Waals surface area contributed by atoms with Crippen molar-refractivity contribution in [3.05, 3.63) is 40.5 Å². The van der Waals surface area contributed by atoms with Gasteiger partial charge in [0.25, 0.3) is 10.0 Å². The minimum absolute atomic E-state index is 0.161. The Morgan fingerprint density at radius 1 is 1.31 bits per heavy atom. The first-order valence-corrected chi connectivity index (χ1v) is 11.0. The van der Waals surface area contributed by atoms with Crippen LogP contribution in [0.3, 0.4) is 0 Å². The summed E-state index contributed by atoms with van der Waals surface area (Å²) in [6.07, 6.45) is -4.53. The monoisotopic (exact) mass is 496 g/mol. The number of carboxylic acids is 1. The first-order valence-electron chi connectivity index (χ1n) is 9.10. The average Bonchev–Trinajstić information content (AvgIpc) is 2.64. The Balaban J connectivity index is 2.41. The van der Waals surface area contributed by atoms with Crippen molar-refractivity contribution in [3.8, 4) is 5.88 Å². The number of hydrogen-bond donors (Lipinski definition) is 3. The Labute approximate surface area is 186 Å². The molecule has 0 aliphatic carbocycles. The van der Waals surface area contributed by atoms with Crippen LogP contribution in [0.5, 0.6) is 5.88 Å². The topological polar surface area (TPSA) is 144 Å². The van der Waals surface area contributed by atoms with E-state index in [-0.39, 0.29) is 18.1 Å². The van der Waals surface area contributed by atoms with E-state index in [2.05, 4.69) is 9.97 Å². The van der Waals surface area contributed by atoms with E-state index in [1.54, 1.807) is 0 Å². The zero-order chi connectivity index (χ0) is 24.3. The van der Waals surface area contributed by atoms with Crippen molar-refractivity contribution in [1.82, 2.24) is 9.97 Å². The molecule has 176 valence electrons. The zero-order valence-corrected chi connectivity index (χ0v) is 18.4. The molecular formula is C18H20ClF3N4O5S. The summed E-state index contributed by atoms with van der Waals surface area (Å²) in [7, 11) is -4.46. The number of aromatic nitrogens is 2. The van der Waals surface area contributed by atoms with Gasteiger partial charge in [-0.05, 0) is 30.5 Å². The number of nitrogens with zero attached hydrogens (tertiary/aromatic N) is 2. The number of benzene rings is 1. The SMILES string of the molecule is CC(C)C[C@@H](N)COc1nc(NS(=O)(=O)c2cccc(C(=O)O)c2)nc(Cl)c1C(F)(F)F. The van der Waals surface area contributed by atoms with Crippen molar-refractivity contribution in [2.24, 2.45) is 11.7 Å². The molecule has 1 aromatic heterocycles. The lowest BCUT2D eigenvalue weighted by molar-refractivity contribution is -0.139. The Hall–Kier alpha value is -2.64.